The molecule has 0 aromatic heterocycles. The third-order valence-electron chi connectivity index (χ3n) is 1.84. The van der Waals surface area contributed by atoms with Gasteiger partial charge in [-0.25, -0.2) is 0 Å². The molecule has 12 heavy (non-hydrogen) atoms. The minimum absolute atomic E-state index is 0.153. The van der Waals surface area contributed by atoms with Gasteiger partial charge in [-0.05, 0) is 24.6 Å². The summed E-state index contributed by atoms with van der Waals surface area (Å²) in [4.78, 5) is 0. The second-order valence-electron chi connectivity index (χ2n) is 2.66. The van der Waals surface area contributed by atoms with Crippen LogP contribution in [0.25, 0.3) is 0 Å². The number of hydrogen-bond donors (Lipinski definition) is 0. The molecule has 1 nitrogen and oxygen atoms in total. The summed E-state index contributed by atoms with van der Waals surface area (Å²) in [5.74, 6) is 3.69. The predicted molar refractivity (Wildman–Crippen MR) is 50.2 cm³/mol. The number of benzene rings is 1. The van der Waals surface area contributed by atoms with Crippen LogP contribution in [0, 0.1) is 12.3 Å². The van der Waals surface area contributed by atoms with Crippen LogP contribution >= 0.6 is 0 Å². The van der Waals surface area contributed by atoms with Crippen LogP contribution in [0.1, 0.15) is 18.4 Å². The van der Waals surface area contributed by atoms with Gasteiger partial charge in [0.1, 0.15) is 5.75 Å². The molecule has 1 unspecified atom stereocenters. The summed E-state index contributed by atoms with van der Waals surface area (Å²) in [6, 6.07) is 7.83. The highest BCUT2D eigenvalue weighted by molar-refractivity contribution is 5.33. The summed E-state index contributed by atoms with van der Waals surface area (Å²) in [5.41, 5.74) is 1.12. The van der Waals surface area contributed by atoms with Crippen LogP contribution in [0.2, 0.25) is 0 Å². The van der Waals surface area contributed by atoms with E-state index in [1.165, 1.54) is 0 Å². The molecule has 0 bridgehead atoms. The fraction of sp³-hybridized carbons (Fsp3) is 0.273. The van der Waals surface area contributed by atoms with Gasteiger partial charge in [0.25, 0.3) is 0 Å². The van der Waals surface area contributed by atoms with E-state index in [0.29, 0.717) is 0 Å². The van der Waals surface area contributed by atoms with Gasteiger partial charge < -0.3 is 4.74 Å². The van der Waals surface area contributed by atoms with E-state index in [1.807, 2.05) is 31.2 Å². The molecule has 0 aliphatic carbocycles. The van der Waals surface area contributed by atoms with E-state index >= 15 is 0 Å². The maximum Gasteiger partial charge on any atom is 0.119 e. The highest BCUT2D eigenvalue weighted by Crippen LogP contribution is 2.19. The molecule has 1 aromatic carbocycles. The molecule has 0 radical (unpaired) electrons. The van der Waals surface area contributed by atoms with E-state index in [1.54, 1.807) is 7.11 Å². The van der Waals surface area contributed by atoms with Gasteiger partial charge in [-0.2, -0.15) is 0 Å². The third-order valence-corrected chi connectivity index (χ3v) is 1.84. The lowest BCUT2D eigenvalue weighted by atomic mass is 10.0. The second-order valence-corrected chi connectivity index (χ2v) is 2.66. The molecule has 0 aliphatic rings. The van der Waals surface area contributed by atoms with Crippen molar-refractivity contribution in [1.82, 2.24) is 0 Å². The number of hydrogen-bond acceptors (Lipinski definition) is 1. The Balaban J connectivity index is 2.95. The van der Waals surface area contributed by atoms with Crippen LogP contribution in [-0.2, 0) is 0 Å². The molecular weight excluding hydrogens is 148 g/mol. The molecule has 62 valence electrons. The van der Waals surface area contributed by atoms with Crippen molar-refractivity contribution in [2.24, 2.45) is 0 Å². The molecule has 0 fully saturated rings. The number of terminal acetylenes is 1. The summed E-state index contributed by atoms with van der Waals surface area (Å²) in [7, 11) is 1.65. The van der Waals surface area contributed by atoms with Gasteiger partial charge in [0, 0.05) is 5.92 Å². The maximum absolute atomic E-state index is 5.30. The molecule has 0 heterocycles. The monoisotopic (exact) mass is 160 g/mol. The molecule has 1 heteroatoms. The lowest BCUT2D eigenvalue weighted by Gasteiger charge is -2.05. The molecule has 0 spiro atoms. The second kappa shape index (κ2) is 3.82. The normalized spacial score (nSPS) is 11.8. The zero-order chi connectivity index (χ0) is 8.97. The van der Waals surface area contributed by atoms with Crippen LogP contribution < -0.4 is 4.74 Å². The minimum Gasteiger partial charge on any atom is -0.497 e. The Hall–Kier alpha value is -1.42. The molecule has 0 saturated heterocycles. The molecule has 0 amide bonds. The van der Waals surface area contributed by atoms with Gasteiger partial charge in [-0.1, -0.05) is 18.1 Å². The smallest absolute Gasteiger partial charge is 0.119 e. The van der Waals surface area contributed by atoms with Crippen molar-refractivity contribution < 1.29 is 4.74 Å². The lowest BCUT2D eigenvalue weighted by molar-refractivity contribution is 0.414. The van der Waals surface area contributed by atoms with Crippen molar-refractivity contribution in [2.75, 3.05) is 7.11 Å². The molecule has 1 atom stereocenters. The molecule has 1 rings (SSSR count). The van der Waals surface area contributed by atoms with E-state index in [4.69, 9.17) is 11.2 Å². The fourth-order valence-corrected chi connectivity index (χ4v) is 1.01. The van der Waals surface area contributed by atoms with Crippen molar-refractivity contribution in [1.29, 1.82) is 0 Å². The van der Waals surface area contributed by atoms with Crippen LogP contribution in [0.15, 0.2) is 24.3 Å². The highest BCUT2D eigenvalue weighted by Gasteiger charge is 2.01. The minimum atomic E-state index is 0.153. The Labute approximate surface area is 73.4 Å². The Morgan fingerprint density at radius 1 is 1.50 bits per heavy atom. The van der Waals surface area contributed by atoms with Crippen LogP contribution in [0.4, 0.5) is 0 Å². The zero-order valence-corrected chi connectivity index (χ0v) is 7.37. The summed E-state index contributed by atoms with van der Waals surface area (Å²) in [5, 5.41) is 0. The fourth-order valence-electron chi connectivity index (χ4n) is 1.01. The van der Waals surface area contributed by atoms with Gasteiger partial charge in [0.2, 0.25) is 0 Å². The first-order valence-corrected chi connectivity index (χ1v) is 3.88. The summed E-state index contributed by atoms with van der Waals surface area (Å²) in [6.07, 6.45) is 5.30. The molecule has 0 N–H and O–H groups in total. The standard InChI is InChI=1S/C11H12O/c1-4-9(2)10-6-5-7-11(8-10)12-3/h1,5-9H,2-3H3. The van der Waals surface area contributed by atoms with E-state index in [0.717, 1.165) is 11.3 Å². The number of methoxy groups -OCH3 is 1. The van der Waals surface area contributed by atoms with Gasteiger partial charge in [-0.3, -0.25) is 0 Å². The maximum atomic E-state index is 5.30. The third kappa shape index (κ3) is 1.79. The summed E-state index contributed by atoms with van der Waals surface area (Å²) >= 11 is 0. The average molecular weight is 160 g/mol. The van der Waals surface area contributed by atoms with Crippen molar-refractivity contribution in [3.05, 3.63) is 29.8 Å². The van der Waals surface area contributed by atoms with Crippen molar-refractivity contribution in [2.45, 2.75) is 12.8 Å². The van der Waals surface area contributed by atoms with E-state index in [2.05, 4.69) is 5.92 Å². The molecule has 0 aliphatic heterocycles. The Bertz CT molecular complexity index is 296. The zero-order valence-electron chi connectivity index (χ0n) is 7.37. The predicted octanol–water partition coefficient (Wildman–Crippen LogP) is 2.43. The first-order chi connectivity index (χ1) is 5.77. The Kier molecular flexibility index (Phi) is 2.76. The van der Waals surface area contributed by atoms with Crippen LogP contribution in [-0.4, -0.2) is 7.11 Å². The largest absolute Gasteiger partial charge is 0.497 e. The first kappa shape index (κ1) is 8.67. The molecule has 0 saturated carbocycles. The van der Waals surface area contributed by atoms with Crippen molar-refractivity contribution >= 4 is 0 Å². The summed E-state index contributed by atoms with van der Waals surface area (Å²) in [6.45, 7) is 1.99. The van der Waals surface area contributed by atoms with Gasteiger partial charge in [0.15, 0.2) is 0 Å². The van der Waals surface area contributed by atoms with Gasteiger partial charge >= 0.3 is 0 Å². The van der Waals surface area contributed by atoms with Gasteiger partial charge in [0.05, 0.1) is 7.11 Å². The van der Waals surface area contributed by atoms with E-state index in [-0.39, 0.29) is 5.92 Å². The molecule has 1 aromatic rings. The SMILES string of the molecule is C#CC(C)c1cccc(OC)c1. The molecular formula is C11H12O. The summed E-state index contributed by atoms with van der Waals surface area (Å²) < 4.78 is 5.08. The number of ether oxygens (including phenoxy) is 1. The first-order valence-electron chi connectivity index (χ1n) is 3.88. The van der Waals surface area contributed by atoms with E-state index in [9.17, 15) is 0 Å². The Morgan fingerprint density at radius 3 is 2.83 bits per heavy atom. The van der Waals surface area contributed by atoms with E-state index < -0.39 is 0 Å². The quantitative estimate of drug-likeness (QED) is 0.604. The topological polar surface area (TPSA) is 9.23 Å². The van der Waals surface area contributed by atoms with Gasteiger partial charge in [-0.15, -0.1) is 6.42 Å². The van der Waals surface area contributed by atoms with Crippen LogP contribution in [0.3, 0.4) is 0 Å². The number of rotatable bonds is 2. The average Bonchev–Trinajstić information content (AvgIpc) is 2.17. The van der Waals surface area contributed by atoms with Crippen molar-refractivity contribution in [3.8, 4) is 18.1 Å². The lowest BCUT2D eigenvalue weighted by Crippen LogP contribution is -1.90. The highest BCUT2D eigenvalue weighted by atomic mass is 16.5. The van der Waals surface area contributed by atoms with Crippen molar-refractivity contribution in [3.63, 3.8) is 0 Å². The Morgan fingerprint density at radius 2 is 2.25 bits per heavy atom. The van der Waals surface area contributed by atoms with Crippen LogP contribution in [0.5, 0.6) is 5.75 Å².